The summed E-state index contributed by atoms with van der Waals surface area (Å²) >= 11 is 5.99. The van der Waals surface area contributed by atoms with Gasteiger partial charge in [-0.15, -0.1) is 0 Å². The van der Waals surface area contributed by atoms with Gasteiger partial charge in [0.15, 0.2) is 16.9 Å². The van der Waals surface area contributed by atoms with E-state index >= 15 is 0 Å². The highest BCUT2D eigenvalue weighted by molar-refractivity contribution is 6.33. The maximum atomic E-state index is 11.8. The Labute approximate surface area is 125 Å². The number of fused-ring (bicyclic) bond motifs is 1. The molecule has 0 spiro atoms. The van der Waals surface area contributed by atoms with Crippen molar-refractivity contribution in [2.45, 2.75) is 13.0 Å². The Morgan fingerprint density at radius 3 is 3.24 bits per heavy atom. The molecule has 1 aliphatic rings. The summed E-state index contributed by atoms with van der Waals surface area (Å²) in [5.74, 6) is 0.223. The monoisotopic (exact) mass is 311 g/mol. The van der Waals surface area contributed by atoms with Gasteiger partial charge in [-0.05, 0) is 6.92 Å². The third-order valence-electron chi connectivity index (χ3n) is 3.15. The standard InChI is InChI=1S/C12H14ClN5O3/c1-2-20-11(19)7-5-18(3-4-21-7)12-16-8-9(13)14-6-15-10(8)17-12/h6-7H,2-5H2,1H3,(H,14,15,16,17). The molecule has 112 valence electrons. The first-order valence-electron chi connectivity index (χ1n) is 6.58. The molecule has 0 saturated carbocycles. The van der Waals surface area contributed by atoms with Crippen molar-refractivity contribution < 1.29 is 14.3 Å². The Balaban J connectivity index is 1.81. The fourth-order valence-electron chi connectivity index (χ4n) is 2.16. The summed E-state index contributed by atoms with van der Waals surface area (Å²) in [6.45, 7) is 3.48. The van der Waals surface area contributed by atoms with E-state index in [0.717, 1.165) is 0 Å². The molecule has 1 N–H and O–H groups in total. The summed E-state index contributed by atoms with van der Waals surface area (Å²) in [6, 6.07) is 0. The first-order valence-corrected chi connectivity index (χ1v) is 6.96. The topological polar surface area (TPSA) is 93.2 Å². The number of rotatable bonds is 3. The number of anilines is 1. The van der Waals surface area contributed by atoms with E-state index in [1.54, 1.807) is 6.92 Å². The van der Waals surface area contributed by atoms with Gasteiger partial charge in [0.05, 0.1) is 19.8 Å². The quantitative estimate of drug-likeness (QED) is 0.661. The van der Waals surface area contributed by atoms with Gasteiger partial charge in [0.25, 0.3) is 0 Å². The molecule has 0 bridgehead atoms. The number of ether oxygens (including phenoxy) is 2. The number of H-pyrrole nitrogens is 1. The lowest BCUT2D eigenvalue weighted by molar-refractivity contribution is -0.157. The molecule has 2 aromatic heterocycles. The minimum absolute atomic E-state index is 0.314. The number of carbonyl (C=O) groups is 1. The number of hydrogen-bond donors (Lipinski definition) is 1. The summed E-state index contributed by atoms with van der Waals surface area (Å²) in [7, 11) is 0. The maximum absolute atomic E-state index is 11.8. The summed E-state index contributed by atoms with van der Waals surface area (Å²) in [6.07, 6.45) is 0.740. The van der Waals surface area contributed by atoms with Gasteiger partial charge in [-0.2, -0.15) is 4.98 Å². The smallest absolute Gasteiger partial charge is 0.337 e. The molecule has 0 amide bonds. The van der Waals surface area contributed by atoms with Gasteiger partial charge in [0.2, 0.25) is 5.95 Å². The molecule has 1 aliphatic heterocycles. The van der Waals surface area contributed by atoms with Crippen molar-refractivity contribution in [1.82, 2.24) is 19.9 Å². The summed E-state index contributed by atoms with van der Waals surface area (Å²) in [5.41, 5.74) is 1.07. The van der Waals surface area contributed by atoms with E-state index in [-0.39, 0.29) is 5.97 Å². The molecule has 0 aliphatic carbocycles. The molecule has 1 saturated heterocycles. The predicted octanol–water partition coefficient (Wildman–Crippen LogP) is 0.775. The number of imidazole rings is 1. The molecular weight excluding hydrogens is 298 g/mol. The van der Waals surface area contributed by atoms with E-state index in [0.29, 0.717) is 48.6 Å². The number of carbonyl (C=O) groups excluding carboxylic acids is 1. The third kappa shape index (κ3) is 2.77. The van der Waals surface area contributed by atoms with Crippen LogP contribution in [0.1, 0.15) is 6.92 Å². The van der Waals surface area contributed by atoms with Crippen LogP contribution < -0.4 is 4.90 Å². The molecule has 21 heavy (non-hydrogen) atoms. The zero-order valence-electron chi connectivity index (χ0n) is 11.4. The average Bonchev–Trinajstić information content (AvgIpc) is 2.93. The number of aromatic nitrogens is 4. The number of halogens is 1. The first kappa shape index (κ1) is 14.0. The molecule has 3 rings (SSSR count). The normalized spacial score (nSPS) is 19.0. The van der Waals surface area contributed by atoms with Crippen molar-refractivity contribution in [3.8, 4) is 0 Å². The second kappa shape index (κ2) is 5.82. The molecule has 9 heteroatoms. The summed E-state index contributed by atoms with van der Waals surface area (Å²) in [4.78, 5) is 29.1. The zero-order chi connectivity index (χ0) is 14.8. The van der Waals surface area contributed by atoms with Crippen molar-refractivity contribution in [2.75, 3.05) is 31.2 Å². The second-order valence-electron chi connectivity index (χ2n) is 4.48. The summed E-state index contributed by atoms with van der Waals surface area (Å²) < 4.78 is 10.4. The van der Waals surface area contributed by atoms with Gasteiger partial charge in [0, 0.05) is 6.54 Å². The number of hydrogen-bond acceptors (Lipinski definition) is 7. The number of aromatic amines is 1. The molecule has 3 heterocycles. The van der Waals surface area contributed by atoms with Gasteiger partial charge in [-0.3, -0.25) is 0 Å². The molecule has 0 aromatic carbocycles. The lowest BCUT2D eigenvalue weighted by Crippen LogP contribution is -2.47. The SMILES string of the molecule is CCOC(=O)C1CN(c2nc3ncnc(Cl)c3[nH]2)CCO1. The first-order chi connectivity index (χ1) is 10.2. The highest BCUT2D eigenvalue weighted by Crippen LogP contribution is 2.22. The molecule has 0 radical (unpaired) electrons. The van der Waals surface area contributed by atoms with Crippen molar-refractivity contribution in [2.24, 2.45) is 0 Å². The van der Waals surface area contributed by atoms with Crippen LogP contribution in [0.25, 0.3) is 11.2 Å². The van der Waals surface area contributed by atoms with Crippen LogP contribution in [0.3, 0.4) is 0 Å². The molecule has 1 unspecified atom stereocenters. The molecule has 8 nitrogen and oxygen atoms in total. The Hall–Kier alpha value is -1.93. The molecular formula is C12H14ClN5O3. The lowest BCUT2D eigenvalue weighted by Gasteiger charge is -2.31. The largest absolute Gasteiger partial charge is 0.464 e. The lowest BCUT2D eigenvalue weighted by atomic mass is 10.3. The van der Waals surface area contributed by atoms with Crippen LogP contribution in [0.4, 0.5) is 5.95 Å². The van der Waals surface area contributed by atoms with Gasteiger partial charge in [-0.25, -0.2) is 14.8 Å². The van der Waals surface area contributed by atoms with Crippen LogP contribution in [0.5, 0.6) is 0 Å². The van der Waals surface area contributed by atoms with Crippen LogP contribution in [0.15, 0.2) is 6.33 Å². The van der Waals surface area contributed by atoms with Crippen molar-refractivity contribution in [3.05, 3.63) is 11.5 Å². The highest BCUT2D eigenvalue weighted by atomic mass is 35.5. The minimum Gasteiger partial charge on any atom is -0.464 e. The van der Waals surface area contributed by atoms with Gasteiger partial charge in [-0.1, -0.05) is 11.6 Å². The number of nitrogens with zero attached hydrogens (tertiary/aromatic N) is 4. The molecule has 2 aromatic rings. The van der Waals surface area contributed by atoms with Crippen molar-refractivity contribution in [3.63, 3.8) is 0 Å². The predicted molar refractivity (Wildman–Crippen MR) is 75.3 cm³/mol. The minimum atomic E-state index is -0.617. The number of morpholine rings is 1. The fourth-order valence-corrected chi connectivity index (χ4v) is 2.33. The maximum Gasteiger partial charge on any atom is 0.337 e. The van der Waals surface area contributed by atoms with E-state index in [1.807, 2.05) is 4.90 Å². The second-order valence-corrected chi connectivity index (χ2v) is 4.84. The number of nitrogens with one attached hydrogen (secondary N) is 1. The van der Waals surface area contributed by atoms with E-state index in [4.69, 9.17) is 21.1 Å². The van der Waals surface area contributed by atoms with Crippen LogP contribution in [-0.4, -0.2) is 58.3 Å². The summed E-state index contributed by atoms with van der Waals surface area (Å²) in [5, 5.41) is 0.314. The third-order valence-corrected chi connectivity index (χ3v) is 3.43. The van der Waals surface area contributed by atoms with Gasteiger partial charge < -0.3 is 19.4 Å². The van der Waals surface area contributed by atoms with Crippen LogP contribution >= 0.6 is 11.6 Å². The van der Waals surface area contributed by atoms with Crippen molar-refractivity contribution >= 4 is 34.7 Å². The zero-order valence-corrected chi connectivity index (χ0v) is 12.1. The fraction of sp³-hybridized carbons (Fsp3) is 0.500. The van der Waals surface area contributed by atoms with E-state index in [1.165, 1.54) is 6.33 Å². The van der Waals surface area contributed by atoms with E-state index in [2.05, 4.69) is 19.9 Å². The van der Waals surface area contributed by atoms with Crippen LogP contribution in [0.2, 0.25) is 5.15 Å². The molecule has 1 atom stereocenters. The Morgan fingerprint density at radius 2 is 2.48 bits per heavy atom. The molecule has 1 fully saturated rings. The van der Waals surface area contributed by atoms with Gasteiger partial charge >= 0.3 is 5.97 Å². The van der Waals surface area contributed by atoms with E-state index in [9.17, 15) is 4.79 Å². The number of esters is 1. The average molecular weight is 312 g/mol. The van der Waals surface area contributed by atoms with Crippen LogP contribution in [-0.2, 0) is 14.3 Å². The Kier molecular flexibility index (Phi) is 3.89. The van der Waals surface area contributed by atoms with Gasteiger partial charge in [0.1, 0.15) is 11.8 Å². The highest BCUT2D eigenvalue weighted by Gasteiger charge is 2.29. The van der Waals surface area contributed by atoms with Crippen LogP contribution in [0, 0.1) is 0 Å². The van der Waals surface area contributed by atoms with E-state index < -0.39 is 6.10 Å². The Bertz CT molecular complexity index is 661. The Morgan fingerprint density at radius 1 is 1.62 bits per heavy atom. The van der Waals surface area contributed by atoms with Crippen molar-refractivity contribution in [1.29, 1.82) is 0 Å².